The summed E-state index contributed by atoms with van der Waals surface area (Å²) in [4.78, 5) is 0. The second-order valence-electron chi connectivity index (χ2n) is 4.14. The van der Waals surface area contributed by atoms with E-state index < -0.39 is 40.5 Å². The van der Waals surface area contributed by atoms with Gasteiger partial charge in [-0.25, -0.2) is 22.0 Å². The monoisotopic (exact) mass is 370 g/mol. The Morgan fingerprint density at radius 1 is 0.913 bits per heavy atom. The number of nitrogens with one attached hydrogen (secondary N) is 1. The Bertz CT molecular complexity index is 785. The van der Waals surface area contributed by atoms with Gasteiger partial charge in [-0.3, -0.25) is 5.43 Å². The summed E-state index contributed by atoms with van der Waals surface area (Å²) in [7, 11) is 0. The second kappa shape index (κ2) is 6.59. The van der Waals surface area contributed by atoms with E-state index in [9.17, 15) is 27.1 Å². The lowest BCUT2D eigenvalue weighted by Gasteiger charge is -2.07. The third-order valence-corrected chi connectivity index (χ3v) is 3.15. The zero-order chi connectivity index (χ0) is 17.3. The Morgan fingerprint density at radius 3 is 2.00 bits per heavy atom. The van der Waals surface area contributed by atoms with Crippen LogP contribution in [0.2, 0.25) is 10.0 Å². The van der Waals surface area contributed by atoms with E-state index >= 15 is 0 Å². The van der Waals surface area contributed by atoms with Crippen molar-refractivity contribution in [3.63, 3.8) is 0 Å². The lowest BCUT2D eigenvalue weighted by molar-refractivity contribution is 0.381. The highest BCUT2D eigenvalue weighted by atomic mass is 35.5. The number of halogens is 7. The highest BCUT2D eigenvalue weighted by Crippen LogP contribution is 2.30. The Balaban J connectivity index is 2.36. The number of rotatable bonds is 3. The van der Waals surface area contributed by atoms with Crippen LogP contribution < -0.4 is 5.43 Å². The smallest absolute Gasteiger partial charge is 0.200 e. The summed E-state index contributed by atoms with van der Waals surface area (Å²) in [5, 5.41) is 12.9. The molecule has 2 N–H and O–H groups in total. The van der Waals surface area contributed by atoms with E-state index in [0.29, 0.717) is 0 Å². The molecule has 2 rings (SSSR count). The summed E-state index contributed by atoms with van der Waals surface area (Å²) in [6.45, 7) is 0. The number of anilines is 1. The molecule has 0 bridgehead atoms. The molecule has 0 heterocycles. The van der Waals surface area contributed by atoms with Crippen molar-refractivity contribution in [2.75, 3.05) is 5.43 Å². The van der Waals surface area contributed by atoms with Crippen molar-refractivity contribution in [1.29, 1.82) is 0 Å². The molecule has 0 saturated carbocycles. The third-order valence-electron chi connectivity index (χ3n) is 2.65. The quantitative estimate of drug-likeness (QED) is 0.267. The van der Waals surface area contributed by atoms with Crippen LogP contribution in [0.5, 0.6) is 5.75 Å². The number of hydrogen-bond donors (Lipinski definition) is 2. The normalized spacial score (nSPS) is 11.3. The van der Waals surface area contributed by atoms with Gasteiger partial charge in [0.1, 0.15) is 11.4 Å². The number of hydrogen-bond acceptors (Lipinski definition) is 3. The van der Waals surface area contributed by atoms with Crippen LogP contribution in [0.15, 0.2) is 17.2 Å². The van der Waals surface area contributed by atoms with E-state index in [0.717, 1.165) is 6.21 Å². The van der Waals surface area contributed by atoms with Gasteiger partial charge in [-0.05, 0) is 12.1 Å². The van der Waals surface area contributed by atoms with Crippen molar-refractivity contribution in [1.82, 2.24) is 0 Å². The van der Waals surface area contributed by atoms with Gasteiger partial charge in [0, 0.05) is 10.6 Å². The molecule has 23 heavy (non-hydrogen) atoms. The minimum atomic E-state index is -2.28. The highest BCUT2D eigenvalue weighted by molar-refractivity contribution is 6.36. The van der Waals surface area contributed by atoms with E-state index in [4.69, 9.17) is 23.2 Å². The zero-order valence-corrected chi connectivity index (χ0v) is 12.3. The SMILES string of the molecule is Oc1c(Cl)cc(Cl)cc1/C=N\Nc1c(F)c(F)c(F)c(F)c1F. The first kappa shape index (κ1) is 17.3. The molecule has 0 aliphatic heterocycles. The van der Waals surface area contributed by atoms with Gasteiger partial charge in [-0.15, -0.1) is 0 Å². The number of hydrazone groups is 1. The van der Waals surface area contributed by atoms with Crippen LogP contribution in [0.4, 0.5) is 27.6 Å². The maximum atomic E-state index is 13.4. The summed E-state index contributed by atoms with van der Waals surface area (Å²) in [6.07, 6.45) is 0.838. The summed E-state index contributed by atoms with van der Waals surface area (Å²) < 4.78 is 65.6. The molecule has 0 fully saturated rings. The van der Waals surface area contributed by atoms with Gasteiger partial charge < -0.3 is 5.11 Å². The molecule has 0 amide bonds. The first-order valence-electron chi connectivity index (χ1n) is 5.72. The summed E-state index contributed by atoms with van der Waals surface area (Å²) in [5.74, 6) is -11.1. The standard InChI is InChI=1S/C13H5Cl2F5N2O/c14-5-1-4(13(23)6(15)2-5)3-21-22-12-10(19)8(17)7(16)9(18)11(12)20/h1-3,22-23H/b21-3-. The topological polar surface area (TPSA) is 44.6 Å². The summed E-state index contributed by atoms with van der Waals surface area (Å²) in [5.41, 5.74) is 0.295. The number of aromatic hydroxyl groups is 1. The van der Waals surface area contributed by atoms with Crippen molar-refractivity contribution in [3.05, 3.63) is 56.8 Å². The van der Waals surface area contributed by atoms with Crippen LogP contribution in [-0.4, -0.2) is 11.3 Å². The van der Waals surface area contributed by atoms with E-state index in [2.05, 4.69) is 5.10 Å². The second-order valence-corrected chi connectivity index (χ2v) is 4.98. The van der Waals surface area contributed by atoms with E-state index in [1.54, 1.807) is 5.43 Å². The van der Waals surface area contributed by atoms with Gasteiger partial charge in [0.05, 0.1) is 11.2 Å². The van der Waals surface area contributed by atoms with Crippen LogP contribution in [-0.2, 0) is 0 Å². The summed E-state index contributed by atoms with van der Waals surface area (Å²) in [6, 6.07) is 2.44. The Morgan fingerprint density at radius 2 is 1.43 bits per heavy atom. The first-order chi connectivity index (χ1) is 10.7. The van der Waals surface area contributed by atoms with Gasteiger partial charge >= 0.3 is 0 Å². The van der Waals surface area contributed by atoms with Gasteiger partial charge in [-0.2, -0.15) is 5.10 Å². The zero-order valence-electron chi connectivity index (χ0n) is 10.8. The number of phenolic OH excluding ortho intramolecular Hbond substituents is 1. The summed E-state index contributed by atoms with van der Waals surface area (Å²) >= 11 is 11.3. The number of nitrogens with zero attached hydrogens (tertiary/aromatic N) is 1. The van der Waals surface area contributed by atoms with E-state index in [1.165, 1.54) is 12.1 Å². The molecule has 0 atom stereocenters. The van der Waals surface area contributed by atoms with Gasteiger partial charge in [-0.1, -0.05) is 23.2 Å². The molecule has 0 unspecified atom stereocenters. The third kappa shape index (κ3) is 3.32. The van der Waals surface area contributed by atoms with Gasteiger partial charge in [0.2, 0.25) is 5.82 Å². The number of benzene rings is 2. The number of phenols is 1. The minimum absolute atomic E-state index is 0.0427. The molecule has 0 spiro atoms. The van der Waals surface area contributed by atoms with Gasteiger partial charge in [0.15, 0.2) is 23.3 Å². The molecule has 0 aliphatic rings. The largest absolute Gasteiger partial charge is 0.506 e. The molecule has 122 valence electrons. The van der Waals surface area contributed by atoms with Crippen molar-refractivity contribution in [2.45, 2.75) is 0 Å². The molecule has 10 heteroatoms. The molecule has 0 aliphatic carbocycles. The van der Waals surface area contributed by atoms with Crippen molar-refractivity contribution in [3.8, 4) is 5.75 Å². The molecule has 3 nitrogen and oxygen atoms in total. The van der Waals surface area contributed by atoms with Crippen LogP contribution in [0.1, 0.15) is 5.56 Å². The van der Waals surface area contributed by atoms with E-state index in [-0.39, 0.29) is 15.6 Å². The molecule has 2 aromatic carbocycles. The van der Waals surface area contributed by atoms with Crippen molar-refractivity contribution in [2.24, 2.45) is 5.10 Å². The lowest BCUT2D eigenvalue weighted by atomic mass is 10.2. The fourth-order valence-electron chi connectivity index (χ4n) is 1.55. The molecular weight excluding hydrogens is 366 g/mol. The predicted octanol–water partition coefficient (Wildman–Crippen LogP) is 4.84. The van der Waals surface area contributed by atoms with Crippen LogP contribution in [0, 0.1) is 29.1 Å². The molecular formula is C13H5Cl2F5N2O. The maximum Gasteiger partial charge on any atom is 0.200 e. The fourth-order valence-corrected chi connectivity index (χ4v) is 2.06. The molecule has 2 aromatic rings. The molecule has 0 radical (unpaired) electrons. The Hall–Kier alpha value is -2.06. The average Bonchev–Trinajstić information content (AvgIpc) is 2.51. The Labute approximate surface area is 135 Å². The van der Waals surface area contributed by atoms with Crippen LogP contribution >= 0.6 is 23.2 Å². The molecule has 0 aromatic heterocycles. The van der Waals surface area contributed by atoms with Crippen LogP contribution in [0.25, 0.3) is 0 Å². The highest BCUT2D eigenvalue weighted by Gasteiger charge is 2.25. The predicted molar refractivity (Wildman–Crippen MR) is 75.6 cm³/mol. The van der Waals surface area contributed by atoms with Crippen molar-refractivity contribution >= 4 is 35.1 Å². The Kier molecular flexibility index (Phi) is 4.96. The molecule has 0 saturated heterocycles. The maximum absolute atomic E-state index is 13.4. The first-order valence-corrected chi connectivity index (χ1v) is 6.48. The van der Waals surface area contributed by atoms with Crippen LogP contribution in [0.3, 0.4) is 0 Å². The average molecular weight is 371 g/mol. The lowest BCUT2D eigenvalue weighted by Crippen LogP contribution is -2.06. The van der Waals surface area contributed by atoms with Crippen molar-refractivity contribution < 1.29 is 27.1 Å². The van der Waals surface area contributed by atoms with Gasteiger partial charge in [0.25, 0.3) is 0 Å². The fraction of sp³-hybridized carbons (Fsp3) is 0. The van der Waals surface area contributed by atoms with E-state index in [1.807, 2.05) is 0 Å². The minimum Gasteiger partial charge on any atom is -0.506 e.